The number of rotatable bonds is 20. The maximum Gasteiger partial charge on any atom is 0.229 e. The van der Waals surface area contributed by atoms with Gasteiger partial charge >= 0.3 is 0 Å². The Hall–Kier alpha value is -9.11. The first-order valence-corrected chi connectivity index (χ1v) is 34.0. The number of ether oxygens (including phenoxy) is 4. The van der Waals surface area contributed by atoms with Gasteiger partial charge in [0.15, 0.2) is 5.82 Å². The van der Waals surface area contributed by atoms with Crippen LogP contribution in [0.25, 0.3) is 44.3 Å². The second kappa shape index (κ2) is 25.3. The van der Waals surface area contributed by atoms with Crippen molar-refractivity contribution in [1.29, 1.82) is 5.26 Å². The highest BCUT2D eigenvalue weighted by molar-refractivity contribution is 9.10. The number of aromatic nitrogens is 12. The molecule has 8 heterocycles. The van der Waals surface area contributed by atoms with Crippen LogP contribution in [0, 0.1) is 11.3 Å². The van der Waals surface area contributed by atoms with E-state index in [-0.39, 0.29) is 36.0 Å². The second-order valence-electron chi connectivity index (χ2n) is 21.5. The molecule has 6 aromatic heterocycles. The van der Waals surface area contributed by atoms with Gasteiger partial charge in [0.1, 0.15) is 54.3 Å². The molecule has 0 aliphatic carbocycles. The highest BCUT2D eigenvalue weighted by atomic mass is 79.9. The molecular formula is C60H62BrN19O6P2. The third-order valence-electron chi connectivity index (χ3n) is 15.0. The molecule has 88 heavy (non-hydrogen) atoms. The SMILES string of the molecule is COc1cc(N2CCOCC2)c(-c2cnn(C)c2)cc1Nc1ncc(Br)c(Nc2ccc3nccnc3c2P(C)(=O)CCCOc2cc(N3CCOCC3)c(-c3cnn(C)c3)cc2Nc2ncc(C#N)c(Nc3ccc4nccnc4c3P(C)(C)=O)n2)n1. The van der Waals surface area contributed by atoms with Crippen LogP contribution in [0.4, 0.5) is 57.7 Å². The molecule has 25 nitrogen and oxygen atoms in total. The Morgan fingerprint density at radius 1 is 0.625 bits per heavy atom. The van der Waals surface area contributed by atoms with Gasteiger partial charge in [-0.25, -0.2) is 9.97 Å². The van der Waals surface area contributed by atoms with Crippen molar-refractivity contribution in [1.82, 2.24) is 59.4 Å². The molecular weight excluding hydrogens is 1220 g/mol. The maximum absolute atomic E-state index is 15.6. The fraction of sp³-hybridized carbons (Fsp3) is 0.283. The molecule has 2 saturated heterocycles. The predicted octanol–water partition coefficient (Wildman–Crippen LogP) is 9.58. The van der Waals surface area contributed by atoms with Crippen LogP contribution in [-0.4, -0.2) is 152 Å². The van der Waals surface area contributed by atoms with Gasteiger partial charge in [0.05, 0.1) is 108 Å². The van der Waals surface area contributed by atoms with Crippen molar-refractivity contribution in [3.63, 3.8) is 0 Å². The van der Waals surface area contributed by atoms with E-state index in [4.69, 9.17) is 33.9 Å². The van der Waals surface area contributed by atoms with Gasteiger partial charge in [0.25, 0.3) is 0 Å². The van der Waals surface area contributed by atoms with Crippen molar-refractivity contribution in [2.75, 3.05) is 124 Å². The predicted molar refractivity (Wildman–Crippen MR) is 346 cm³/mol. The Balaban J connectivity index is 0.837. The van der Waals surface area contributed by atoms with E-state index in [1.54, 1.807) is 85.8 Å². The summed E-state index contributed by atoms with van der Waals surface area (Å²) < 4.78 is 57.8. The summed E-state index contributed by atoms with van der Waals surface area (Å²) in [5.41, 5.74) is 9.92. The lowest BCUT2D eigenvalue weighted by atomic mass is 10.0. The van der Waals surface area contributed by atoms with E-state index in [2.05, 4.69) is 88.2 Å². The zero-order valence-corrected chi connectivity index (χ0v) is 52.5. The Labute approximate surface area is 515 Å². The van der Waals surface area contributed by atoms with Crippen LogP contribution in [0.5, 0.6) is 11.5 Å². The molecule has 4 aromatic carbocycles. The molecule has 0 radical (unpaired) electrons. The van der Waals surface area contributed by atoms with Crippen molar-refractivity contribution in [3.8, 4) is 39.8 Å². The standard InChI is InChI=1S/C60H62BrN19O6P2/c1-77-35-38(32-69-77)40-26-47(51(83-3)28-49(40)79-16-21-84-22-17-79)73-60-68-34-42(61)58(76-60)72-46-11-9-44-54(66-15-13-64-44)56(46)88(6,82)25-7-20-86-52-29-50(80-18-23-85-24-19-80)41(39-33-70-78(2)36-39)27-48(52)74-59-67-31-37(30-62)57(75-59)71-45-10-8-43-53(65-14-12-63-43)55(45)87(4,5)81/h8-15,26-29,31-36H,7,16-25H2,1-6H3,(H2,67,71,74,75)(H2,68,72,73,76). The fourth-order valence-corrected chi connectivity index (χ4v) is 14.8. The molecule has 0 saturated carbocycles. The summed E-state index contributed by atoms with van der Waals surface area (Å²) in [6.07, 6.45) is 17.5. The summed E-state index contributed by atoms with van der Waals surface area (Å²) in [4.78, 5) is 41.8. The van der Waals surface area contributed by atoms with Crippen molar-refractivity contribution < 1.29 is 28.1 Å². The molecule has 0 spiro atoms. The Kier molecular flexibility index (Phi) is 17.0. The van der Waals surface area contributed by atoms with E-state index in [1.807, 2.05) is 69.1 Å². The van der Waals surface area contributed by atoms with E-state index in [0.29, 0.717) is 123 Å². The maximum atomic E-state index is 15.6. The Bertz CT molecular complexity index is 4410. The number of fused-ring (bicyclic) bond motifs is 2. The summed E-state index contributed by atoms with van der Waals surface area (Å²) in [5.74, 6) is 2.05. The molecule has 450 valence electrons. The van der Waals surface area contributed by atoms with Gasteiger partial charge in [-0.05, 0) is 78.7 Å². The summed E-state index contributed by atoms with van der Waals surface area (Å²) >= 11 is 3.68. The van der Waals surface area contributed by atoms with E-state index < -0.39 is 14.3 Å². The number of hydrogen-bond donors (Lipinski definition) is 4. The smallest absolute Gasteiger partial charge is 0.229 e. The molecule has 0 amide bonds. The zero-order valence-electron chi connectivity index (χ0n) is 49.1. The molecule has 4 N–H and O–H groups in total. The first-order chi connectivity index (χ1) is 42.6. The summed E-state index contributed by atoms with van der Waals surface area (Å²) in [7, 11) is -0.913. The number of nitrogens with zero attached hydrogens (tertiary/aromatic N) is 15. The highest BCUT2D eigenvalue weighted by Gasteiger charge is 2.29. The van der Waals surface area contributed by atoms with Gasteiger partial charge in [-0.2, -0.15) is 25.4 Å². The molecule has 1 unspecified atom stereocenters. The third-order valence-corrected chi connectivity index (χ3v) is 19.7. The van der Waals surface area contributed by atoms with Gasteiger partial charge in [-0.15, -0.1) is 0 Å². The number of benzene rings is 4. The van der Waals surface area contributed by atoms with Gasteiger partial charge in [-0.3, -0.25) is 29.3 Å². The largest absolute Gasteiger partial charge is 0.494 e. The van der Waals surface area contributed by atoms with Crippen molar-refractivity contribution >= 4 is 121 Å². The minimum absolute atomic E-state index is 0.141. The molecule has 2 fully saturated rings. The molecule has 2 aliphatic rings. The molecule has 0 bridgehead atoms. The first kappa shape index (κ1) is 59.2. The number of methoxy groups -OCH3 is 1. The van der Waals surface area contributed by atoms with E-state index in [0.717, 1.165) is 46.7 Å². The number of aryl methyl sites for hydroxylation is 2. The topological polar surface area (TPSA) is 288 Å². The fourth-order valence-electron chi connectivity index (χ4n) is 10.9. The summed E-state index contributed by atoms with van der Waals surface area (Å²) in [6, 6.07) is 17.4. The number of nitrogens with one attached hydrogen (secondary N) is 4. The lowest BCUT2D eigenvalue weighted by Crippen LogP contribution is -2.36. The van der Waals surface area contributed by atoms with Crippen LogP contribution in [0.2, 0.25) is 0 Å². The Morgan fingerprint density at radius 3 is 1.68 bits per heavy atom. The van der Waals surface area contributed by atoms with E-state index in [1.165, 1.54) is 6.20 Å². The van der Waals surface area contributed by atoms with Crippen LogP contribution in [0.15, 0.2) is 115 Å². The van der Waals surface area contributed by atoms with Crippen molar-refractivity contribution in [2.24, 2.45) is 14.1 Å². The van der Waals surface area contributed by atoms with E-state index >= 15 is 4.57 Å². The van der Waals surface area contributed by atoms with Crippen LogP contribution >= 0.6 is 30.2 Å². The van der Waals surface area contributed by atoms with Crippen LogP contribution < -0.4 is 51.1 Å². The lowest BCUT2D eigenvalue weighted by Gasteiger charge is -2.31. The monoisotopic (exact) mass is 1290 g/mol. The number of halogens is 1. The number of hydrogen-bond acceptors (Lipinski definition) is 23. The van der Waals surface area contributed by atoms with Crippen LogP contribution in [0.3, 0.4) is 0 Å². The van der Waals surface area contributed by atoms with Crippen molar-refractivity contribution in [3.05, 3.63) is 121 Å². The van der Waals surface area contributed by atoms with Gasteiger partial charge < -0.3 is 59.1 Å². The summed E-state index contributed by atoms with van der Waals surface area (Å²) in [5, 5.41) is 33.8. The average molecular weight is 1290 g/mol. The van der Waals surface area contributed by atoms with Crippen LogP contribution in [-0.2, 0) is 32.7 Å². The zero-order chi connectivity index (χ0) is 61.1. The number of nitriles is 1. The minimum Gasteiger partial charge on any atom is -0.494 e. The third kappa shape index (κ3) is 12.7. The highest BCUT2D eigenvalue weighted by Crippen LogP contribution is 2.48. The first-order valence-electron chi connectivity index (χ1n) is 28.2. The quantitative estimate of drug-likeness (QED) is 0.0408. The molecule has 2 aliphatic heterocycles. The van der Waals surface area contributed by atoms with Gasteiger partial charge in [0.2, 0.25) is 11.9 Å². The van der Waals surface area contributed by atoms with Gasteiger partial charge in [0, 0.05) is 136 Å². The van der Waals surface area contributed by atoms with Crippen molar-refractivity contribution in [2.45, 2.75) is 6.42 Å². The number of morpholine rings is 2. The molecule has 10 aromatic rings. The molecule has 12 rings (SSSR count). The van der Waals surface area contributed by atoms with E-state index in [9.17, 15) is 9.83 Å². The number of anilines is 10. The average Bonchev–Trinajstić information content (AvgIpc) is 2.60. The minimum atomic E-state index is -3.32. The molecule has 28 heteroatoms. The lowest BCUT2D eigenvalue weighted by molar-refractivity contribution is 0.122. The normalized spacial score (nSPS) is 14.3. The van der Waals surface area contributed by atoms with Crippen LogP contribution in [0.1, 0.15) is 12.0 Å². The Morgan fingerprint density at radius 2 is 1.14 bits per heavy atom. The second-order valence-corrected chi connectivity index (χ2v) is 28.6. The van der Waals surface area contributed by atoms with Gasteiger partial charge in [-0.1, -0.05) is 0 Å². The summed E-state index contributed by atoms with van der Waals surface area (Å²) in [6.45, 7) is 10.3. The molecule has 1 atom stereocenters.